The van der Waals surface area contributed by atoms with Gasteiger partial charge in [-0.25, -0.2) is 5.10 Å². The van der Waals surface area contributed by atoms with Crippen molar-refractivity contribution in [3.63, 3.8) is 0 Å². The van der Waals surface area contributed by atoms with Gasteiger partial charge in [-0.3, -0.25) is 14.4 Å². The van der Waals surface area contributed by atoms with Crippen molar-refractivity contribution in [1.29, 1.82) is 5.26 Å². The Bertz CT molecular complexity index is 1630. The number of carbonyl (C=O) groups is 3. The summed E-state index contributed by atoms with van der Waals surface area (Å²) in [5.74, 6) is 1.02. The van der Waals surface area contributed by atoms with Gasteiger partial charge in [-0.2, -0.15) is 5.26 Å². The average Bonchev–Trinajstić information content (AvgIpc) is 3.98. The van der Waals surface area contributed by atoms with E-state index in [9.17, 15) is 19.6 Å². The number of tetrazole rings is 1. The first-order chi connectivity index (χ1) is 21.9. The number of fused-ring (bicyclic) bond motifs is 3. The monoisotopic (exact) mass is 607 g/mol. The van der Waals surface area contributed by atoms with Crippen LogP contribution in [0.4, 0.5) is 0 Å². The maximum Gasteiger partial charge on any atom is 0.251 e. The number of hydrogen-bond donors (Lipinski definition) is 4. The van der Waals surface area contributed by atoms with Crippen molar-refractivity contribution in [1.82, 2.24) is 41.5 Å². The van der Waals surface area contributed by atoms with Gasteiger partial charge in [-0.15, -0.1) is 5.10 Å². The lowest BCUT2D eigenvalue weighted by Gasteiger charge is -2.38. The van der Waals surface area contributed by atoms with E-state index >= 15 is 0 Å². The first kappa shape index (κ1) is 29.1. The summed E-state index contributed by atoms with van der Waals surface area (Å²) >= 11 is 0. The predicted molar refractivity (Wildman–Crippen MR) is 163 cm³/mol. The van der Waals surface area contributed by atoms with Crippen LogP contribution in [0.15, 0.2) is 36.4 Å². The van der Waals surface area contributed by atoms with Crippen LogP contribution < -0.4 is 16.0 Å². The molecule has 4 N–H and O–H groups in total. The minimum absolute atomic E-state index is 0.0281. The third-order valence-electron chi connectivity index (χ3n) is 10.3. The van der Waals surface area contributed by atoms with E-state index < -0.39 is 5.41 Å². The van der Waals surface area contributed by atoms with E-state index in [0.29, 0.717) is 48.0 Å². The van der Waals surface area contributed by atoms with Crippen LogP contribution in [0, 0.1) is 23.2 Å². The Hall–Kier alpha value is -4.63. The number of hydrogen-bond acceptors (Lipinski definition) is 8. The number of nitrogens with one attached hydrogen (secondary N) is 4. The number of piperidine rings is 1. The quantitative estimate of drug-likeness (QED) is 0.285. The summed E-state index contributed by atoms with van der Waals surface area (Å²) in [6, 6.07) is 13.7. The molecule has 45 heavy (non-hydrogen) atoms. The Morgan fingerprint density at radius 3 is 2.20 bits per heavy atom. The molecule has 2 aromatic carbocycles. The van der Waals surface area contributed by atoms with Crippen LogP contribution in [0.5, 0.6) is 0 Å². The molecule has 4 atom stereocenters. The lowest BCUT2D eigenvalue weighted by molar-refractivity contribution is -0.131. The van der Waals surface area contributed by atoms with Crippen LogP contribution in [-0.4, -0.2) is 82.0 Å². The molecule has 12 nitrogen and oxygen atoms in total. The maximum absolute atomic E-state index is 13.5. The molecule has 1 aromatic heterocycles. The van der Waals surface area contributed by atoms with Gasteiger partial charge < -0.3 is 20.9 Å². The SMILES string of the molecule is CNC(=O)c1ccc2c(c1)CCc1cc(C(=O)NC)ccc1C2(C[C@@H](NCC(=O)N1[C@H](C#N)C[C@@H]2C[C@@H]21)C1CC1)c1nnn[nH]1. The number of nitriles is 1. The smallest absolute Gasteiger partial charge is 0.251 e. The van der Waals surface area contributed by atoms with Gasteiger partial charge in [0.25, 0.3) is 11.8 Å². The van der Waals surface area contributed by atoms with Gasteiger partial charge in [0.1, 0.15) is 6.04 Å². The number of rotatable bonds is 9. The molecule has 4 aliphatic rings. The molecule has 232 valence electrons. The van der Waals surface area contributed by atoms with Crippen LogP contribution >= 0.6 is 0 Å². The van der Waals surface area contributed by atoms with E-state index in [2.05, 4.69) is 42.6 Å². The fraction of sp³-hybridized carbons (Fsp3) is 0.485. The second-order valence-electron chi connectivity index (χ2n) is 12.8. The summed E-state index contributed by atoms with van der Waals surface area (Å²) in [7, 11) is 3.23. The number of aromatic nitrogens is 4. The van der Waals surface area contributed by atoms with E-state index in [1.54, 1.807) is 19.0 Å². The molecule has 3 aromatic rings. The molecule has 0 bridgehead atoms. The van der Waals surface area contributed by atoms with Gasteiger partial charge in [0.05, 0.1) is 18.0 Å². The molecular weight excluding hydrogens is 570 g/mol. The highest BCUT2D eigenvalue weighted by molar-refractivity contribution is 5.95. The molecule has 3 amide bonds. The van der Waals surface area contributed by atoms with Crippen molar-refractivity contribution < 1.29 is 14.4 Å². The van der Waals surface area contributed by atoms with Gasteiger partial charge in [-0.05, 0) is 114 Å². The number of H-pyrrole nitrogens is 1. The van der Waals surface area contributed by atoms with Crippen LogP contribution in [0.2, 0.25) is 0 Å². The highest BCUT2D eigenvalue weighted by Gasteiger charge is 2.54. The Morgan fingerprint density at radius 2 is 1.67 bits per heavy atom. The molecular formula is C33H37N9O3. The zero-order valence-corrected chi connectivity index (χ0v) is 25.5. The molecule has 2 heterocycles. The molecule has 0 spiro atoms. The van der Waals surface area contributed by atoms with Crippen molar-refractivity contribution in [3.05, 3.63) is 75.6 Å². The third-order valence-corrected chi connectivity index (χ3v) is 10.3. The summed E-state index contributed by atoms with van der Waals surface area (Å²) in [6.45, 7) is 0.151. The lowest BCUT2D eigenvalue weighted by Crippen LogP contribution is -2.48. The van der Waals surface area contributed by atoms with E-state index in [1.807, 2.05) is 36.4 Å². The summed E-state index contributed by atoms with van der Waals surface area (Å²) in [5, 5.41) is 34.3. The second kappa shape index (κ2) is 11.4. The molecule has 0 radical (unpaired) electrons. The number of carbonyl (C=O) groups excluding carboxylic acids is 3. The molecule has 7 rings (SSSR count). The number of amides is 3. The van der Waals surface area contributed by atoms with E-state index in [4.69, 9.17) is 0 Å². The van der Waals surface area contributed by atoms with Gasteiger partial charge in [-0.1, -0.05) is 12.1 Å². The van der Waals surface area contributed by atoms with Gasteiger partial charge in [0.2, 0.25) is 5.91 Å². The van der Waals surface area contributed by atoms with E-state index in [1.165, 1.54) is 0 Å². The largest absolute Gasteiger partial charge is 0.355 e. The Kier molecular flexibility index (Phi) is 7.36. The molecule has 1 saturated heterocycles. The standard InChI is InChI=1S/C33H37N9O3/c1-35-30(44)21-7-9-25-19(11-21)5-6-20-12-22(31(45)36-2)8-10-26(20)33(25,32-38-40-41-39-32)15-27(18-3-4-18)37-17-29(43)42-24(16-34)13-23-14-28(23)42/h7-12,18,23-24,27-28,37H,3-6,13-15,17H2,1-2H3,(H,35,44)(H,36,45)(H,38,39,40,41)/t23-,24+,27-,28+/m1/s1. The van der Waals surface area contributed by atoms with Crippen LogP contribution in [0.1, 0.15) is 80.9 Å². The normalized spacial score (nSPS) is 23.0. The van der Waals surface area contributed by atoms with E-state index in [0.717, 1.165) is 47.9 Å². The Balaban J connectivity index is 1.32. The van der Waals surface area contributed by atoms with Gasteiger partial charge in [0, 0.05) is 37.3 Å². The molecule has 2 saturated carbocycles. The number of nitrogens with zero attached hydrogens (tertiary/aromatic N) is 5. The summed E-state index contributed by atoms with van der Waals surface area (Å²) in [6.07, 6.45) is 5.69. The van der Waals surface area contributed by atoms with Crippen LogP contribution in [0.25, 0.3) is 0 Å². The van der Waals surface area contributed by atoms with Crippen molar-refractivity contribution in [2.45, 2.75) is 68.5 Å². The minimum atomic E-state index is -0.860. The lowest BCUT2D eigenvalue weighted by atomic mass is 9.67. The predicted octanol–water partition coefficient (Wildman–Crippen LogP) is 1.62. The van der Waals surface area contributed by atoms with E-state index in [-0.39, 0.29) is 42.4 Å². The molecule has 1 aliphatic heterocycles. The highest BCUT2D eigenvalue weighted by atomic mass is 16.2. The average molecular weight is 608 g/mol. The summed E-state index contributed by atoms with van der Waals surface area (Å²) in [4.78, 5) is 40.7. The summed E-state index contributed by atoms with van der Waals surface area (Å²) < 4.78 is 0. The number of benzene rings is 2. The summed E-state index contributed by atoms with van der Waals surface area (Å²) in [5.41, 5.74) is 4.26. The van der Waals surface area contributed by atoms with Gasteiger partial charge in [0.15, 0.2) is 5.82 Å². The number of aromatic amines is 1. The minimum Gasteiger partial charge on any atom is -0.355 e. The van der Waals surface area contributed by atoms with Crippen molar-refractivity contribution in [2.24, 2.45) is 11.8 Å². The van der Waals surface area contributed by atoms with Crippen molar-refractivity contribution in [2.75, 3.05) is 20.6 Å². The van der Waals surface area contributed by atoms with Crippen LogP contribution in [-0.2, 0) is 23.1 Å². The molecule has 12 heteroatoms. The first-order valence-corrected chi connectivity index (χ1v) is 15.8. The third kappa shape index (κ3) is 5.05. The van der Waals surface area contributed by atoms with Crippen molar-refractivity contribution in [3.8, 4) is 6.07 Å². The second-order valence-corrected chi connectivity index (χ2v) is 12.8. The number of aryl methyl sites for hydroxylation is 2. The molecule has 3 fully saturated rings. The first-order valence-electron chi connectivity index (χ1n) is 15.8. The molecule has 0 unspecified atom stereocenters. The zero-order valence-electron chi connectivity index (χ0n) is 25.5. The van der Waals surface area contributed by atoms with Crippen LogP contribution in [0.3, 0.4) is 0 Å². The highest BCUT2D eigenvalue weighted by Crippen LogP contribution is 2.50. The maximum atomic E-state index is 13.5. The molecule has 3 aliphatic carbocycles. The number of likely N-dealkylation sites (tertiary alicyclic amines) is 1. The van der Waals surface area contributed by atoms with Gasteiger partial charge >= 0.3 is 0 Å². The Labute approximate surface area is 261 Å². The zero-order chi connectivity index (χ0) is 31.3. The van der Waals surface area contributed by atoms with Crippen molar-refractivity contribution >= 4 is 17.7 Å². The topological polar surface area (TPSA) is 169 Å². The fourth-order valence-corrected chi connectivity index (χ4v) is 7.81. The fourth-order valence-electron chi connectivity index (χ4n) is 7.81. The Morgan fingerprint density at radius 1 is 1.02 bits per heavy atom.